The van der Waals surface area contributed by atoms with Crippen molar-refractivity contribution < 1.29 is 5.11 Å². The third-order valence-electron chi connectivity index (χ3n) is 5.34. The number of aliphatic hydroxyl groups is 1. The summed E-state index contributed by atoms with van der Waals surface area (Å²) in [6, 6.07) is 13.5. The van der Waals surface area contributed by atoms with Crippen LogP contribution in [0, 0.1) is 0 Å². The molecule has 1 atom stereocenters. The molecule has 0 radical (unpaired) electrons. The second-order valence-electron chi connectivity index (χ2n) is 7.44. The molecule has 0 aliphatic carbocycles. The second kappa shape index (κ2) is 6.58. The highest BCUT2D eigenvalue weighted by Crippen LogP contribution is 2.35. The lowest BCUT2D eigenvalue weighted by Gasteiger charge is -2.29. The normalized spacial score (nSPS) is 17.3. The predicted octanol–water partition coefficient (Wildman–Crippen LogP) is 4.84. The van der Waals surface area contributed by atoms with E-state index in [1.165, 1.54) is 16.6 Å². The van der Waals surface area contributed by atoms with Gasteiger partial charge >= 0.3 is 0 Å². The molecular formula is C21H22Cl2N2O. The molecule has 136 valence electrons. The minimum atomic E-state index is -0.993. The molecule has 0 saturated heterocycles. The second-order valence-corrected chi connectivity index (χ2v) is 8.31. The lowest BCUT2D eigenvalue weighted by Crippen LogP contribution is -2.31. The Morgan fingerprint density at radius 3 is 2.50 bits per heavy atom. The van der Waals surface area contributed by atoms with Crippen molar-refractivity contribution in [3.05, 3.63) is 69.3 Å². The summed E-state index contributed by atoms with van der Waals surface area (Å²) in [5.74, 6) is 0. The Labute approximate surface area is 163 Å². The standard InChI is InChI=1S/C21H22Cl2N2O/c1-21(26,14-3-5-15(22)6-4-14)13-25-19-8-7-16(23)11-17(19)18-12-24(2)10-9-20(18)25/h3-8,11,26H,9-10,12-13H2,1-2H3. The summed E-state index contributed by atoms with van der Waals surface area (Å²) in [4.78, 5) is 2.32. The van der Waals surface area contributed by atoms with E-state index < -0.39 is 5.60 Å². The van der Waals surface area contributed by atoms with Gasteiger partial charge in [0.05, 0.1) is 6.54 Å². The number of aromatic nitrogens is 1. The highest BCUT2D eigenvalue weighted by Gasteiger charge is 2.29. The third-order valence-corrected chi connectivity index (χ3v) is 5.83. The van der Waals surface area contributed by atoms with E-state index in [9.17, 15) is 5.11 Å². The average molecular weight is 389 g/mol. The Bertz CT molecular complexity index is 960. The highest BCUT2D eigenvalue weighted by molar-refractivity contribution is 6.31. The van der Waals surface area contributed by atoms with Gasteiger partial charge in [0.25, 0.3) is 0 Å². The Kier molecular flexibility index (Phi) is 4.52. The summed E-state index contributed by atoms with van der Waals surface area (Å²) in [6.07, 6.45) is 0.967. The van der Waals surface area contributed by atoms with Crippen molar-refractivity contribution in [1.29, 1.82) is 0 Å². The number of benzene rings is 2. The molecule has 0 fully saturated rings. The van der Waals surface area contributed by atoms with Crippen molar-refractivity contribution in [2.45, 2.75) is 32.0 Å². The zero-order valence-electron chi connectivity index (χ0n) is 15.0. The fourth-order valence-electron chi connectivity index (χ4n) is 3.95. The Balaban J connectivity index is 1.82. The molecular weight excluding hydrogens is 367 g/mol. The molecule has 26 heavy (non-hydrogen) atoms. The van der Waals surface area contributed by atoms with Crippen molar-refractivity contribution in [2.75, 3.05) is 13.6 Å². The summed E-state index contributed by atoms with van der Waals surface area (Å²) in [5.41, 5.74) is 3.62. The fraction of sp³-hybridized carbons (Fsp3) is 0.333. The summed E-state index contributed by atoms with van der Waals surface area (Å²) in [6.45, 7) is 4.27. The van der Waals surface area contributed by atoms with Gasteiger partial charge in [-0.3, -0.25) is 0 Å². The van der Waals surface area contributed by atoms with Crippen molar-refractivity contribution in [2.24, 2.45) is 0 Å². The molecule has 1 aliphatic rings. The fourth-order valence-corrected chi connectivity index (χ4v) is 4.24. The Morgan fingerprint density at radius 2 is 1.77 bits per heavy atom. The monoisotopic (exact) mass is 388 g/mol. The number of likely N-dealkylation sites (N-methyl/N-ethyl adjacent to an activating group) is 1. The van der Waals surface area contributed by atoms with Crippen LogP contribution in [-0.4, -0.2) is 28.2 Å². The first kappa shape index (κ1) is 17.9. The number of hydrogen-bond donors (Lipinski definition) is 1. The van der Waals surface area contributed by atoms with Crippen LogP contribution < -0.4 is 0 Å². The average Bonchev–Trinajstić information content (AvgIpc) is 2.87. The zero-order valence-corrected chi connectivity index (χ0v) is 16.5. The van der Waals surface area contributed by atoms with Gasteiger partial charge in [0.15, 0.2) is 0 Å². The predicted molar refractivity (Wildman–Crippen MR) is 108 cm³/mol. The first-order chi connectivity index (χ1) is 12.3. The van der Waals surface area contributed by atoms with Gasteiger partial charge in [0, 0.05) is 46.2 Å². The molecule has 2 heterocycles. The zero-order chi connectivity index (χ0) is 18.5. The van der Waals surface area contributed by atoms with Crippen LogP contribution in [0.1, 0.15) is 23.7 Å². The van der Waals surface area contributed by atoms with Gasteiger partial charge in [-0.1, -0.05) is 35.3 Å². The molecule has 4 rings (SSSR count). The molecule has 3 aromatic rings. The lowest BCUT2D eigenvalue weighted by atomic mass is 9.95. The first-order valence-corrected chi connectivity index (χ1v) is 9.57. The maximum Gasteiger partial charge on any atom is 0.105 e. The quantitative estimate of drug-likeness (QED) is 0.694. The summed E-state index contributed by atoms with van der Waals surface area (Å²) in [5, 5.41) is 13.8. The summed E-state index contributed by atoms with van der Waals surface area (Å²) in [7, 11) is 2.14. The number of hydrogen-bond acceptors (Lipinski definition) is 2. The van der Waals surface area contributed by atoms with Crippen LogP contribution in [0.5, 0.6) is 0 Å². The van der Waals surface area contributed by atoms with Gasteiger partial charge in [-0.15, -0.1) is 0 Å². The number of halogens is 2. The maximum atomic E-state index is 11.2. The van der Waals surface area contributed by atoms with E-state index in [1.807, 2.05) is 43.3 Å². The van der Waals surface area contributed by atoms with Gasteiger partial charge in [-0.25, -0.2) is 0 Å². The maximum absolute atomic E-state index is 11.2. The van der Waals surface area contributed by atoms with E-state index in [4.69, 9.17) is 23.2 Å². The third kappa shape index (κ3) is 3.14. The van der Waals surface area contributed by atoms with Crippen molar-refractivity contribution in [3.8, 4) is 0 Å². The van der Waals surface area contributed by atoms with Crippen LogP contribution in [0.2, 0.25) is 10.0 Å². The molecule has 0 saturated carbocycles. The molecule has 1 aliphatic heterocycles. The molecule has 5 heteroatoms. The van der Waals surface area contributed by atoms with E-state index in [0.29, 0.717) is 11.6 Å². The highest BCUT2D eigenvalue weighted by atomic mass is 35.5. The largest absolute Gasteiger partial charge is 0.384 e. The van der Waals surface area contributed by atoms with E-state index in [0.717, 1.165) is 35.6 Å². The van der Waals surface area contributed by atoms with Crippen LogP contribution in [0.15, 0.2) is 42.5 Å². The van der Waals surface area contributed by atoms with Crippen LogP contribution in [0.3, 0.4) is 0 Å². The van der Waals surface area contributed by atoms with Gasteiger partial charge in [-0.2, -0.15) is 0 Å². The number of fused-ring (bicyclic) bond motifs is 3. The van der Waals surface area contributed by atoms with Crippen molar-refractivity contribution in [3.63, 3.8) is 0 Å². The van der Waals surface area contributed by atoms with Gasteiger partial charge in [0.1, 0.15) is 5.60 Å². The Hall–Kier alpha value is -1.52. The lowest BCUT2D eigenvalue weighted by molar-refractivity contribution is 0.0385. The van der Waals surface area contributed by atoms with Gasteiger partial charge in [-0.05, 0) is 55.4 Å². The SMILES string of the molecule is CN1CCc2c(c3cc(Cl)ccc3n2CC(C)(O)c2ccc(Cl)cc2)C1. The van der Waals surface area contributed by atoms with E-state index in [-0.39, 0.29) is 0 Å². The van der Waals surface area contributed by atoms with E-state index in [2.05, 4.69) is 22.6 Å². The molecule has 2 aromatic carbocycles. The minimum Gasteiger partial charge on any atom is -0.384 e. The number of rotatable bonds is 3. The first-order valence-electron chi connectivity index (χ1n) is 8.81. The van der Waals surface area contributed by atoms with Crippen LogP contribution in [-0.2, 0) is 25.1 Å². The molecule has 1 N–H and O–H groups in total. The van der Waals surface area contributed by atoms with Crippen molar-refractivity contribution >= 4 is 34.1 Å². The topological polar surface area (TPSA) is 28.4 Å². The molecule has 1 aromatic heterocycles. The summed E-state index contributed by atoms with van der Waals surface area (Å²) < 4.78 is 2.27. The van der Waals surface area contributed by atoms with Crippen LogP contribution in [0.4, 0.5) is 0 Å². The summed E-state index contributed by atoms with van der Waals surface area (Å²) >= 11 is 12.3. The van der Waals surface area contributed by atoms with Gasteiger partial charge in [0.2, 0.25) is 0 Å². The molecule has 0 amide bonds. The van der Waals surface area contributed by atoms with Gasteiger partial charge < -0.3 is 14.6 Å². The van der Waals surface area contributed by atoms with Crippen LogP contribution in [0.25, 0.3) is 10.9 Å². The Morgan fingerprint density at radius 1 is 1.08 bits per heavy atom. The molecule has 0 bridgehead atoms. The smallest absolute Gasteiger partial charge is 0.105 e. The van der Waals surface area contributed by atoms with E-state index in [1.54, 1.807) is 0 Å². The van der Waals surface area contributed by atoms with Crippen molar-refractivity contribution in [1.82, 2.24) is 9.47 Å². The number of nitrogens with zero attached hydrogens (tertiary/aromatic N) is 2. The molecule has 3 nitrogen and oxygen atoms in total. The minimum absolute atomic E-state index is 0.492. The molecule has 1 unspecified atom stereocenters. The van der Waals surface area contributed by atoms with E-state index >= 15 is 0 Å². The van der Waals surface area contributed by atoms with Crippen LogP contribution >= 0.6 is 23.2 Å². The molecule has 0 spiro atoms.